The number of nitrogens with one attached hydrogen (secondary N) is 1. The standard InChI is InChI=1S/C30H37N3O5S/c1-5-25(30(35)31-19-21(2)3)32(20-22-14-16-24(38-4)17-15-22)28(34)13-8-18-33-26-11-6-9-23-10-7-12-27(29(23)26)39(33,36)37/h6-7,9-12,14-17,21,25H,5,8,13,18-20H2,1-4H3,(H,31,35). The van der Waals surface area contributed by atoms with Crippen molar-refractivity contribution in [2.45, 2.75) is 57.5 Å². The predicted molar refractivity (Wildman–Crippen MR) is 153 cm³/mol. The van der Waals surface area contributed by atoms with Crippen molar-refractivity contribution in [2.75, 3.05) is 24.5 Å². The van der Waals surface area contributed by atoms with E-state index < -0.39 is 16.1 Å². The van der Waals surface area contributed by atoms with Crippen LogP contribution in [-0.2, 0) is 26.2 Å². The van der Waals surface area contributed by atoms with Crippen LogP contribution in [0.4, 0.5) is 5.69 Å². The minimum Gasteiger partial charge on any atom is -0.497 e. The second-order valence-electron chi connectivity index (χ2n) is 10.2. The number of methoxy groups -OCH3 is 1. The number of nitrogens with zero attached hydrogens (tertiary/aromatic N) is 2. The summed E-state index contributed by atoms with van der Waals surface area (Å²) < 4.78 is 33.3. The van der Waals surface area contributed by atoms with Gasteiger partial charge >= 0.3 is 0 Å². The summed E-state index contributed by atoms with van der Waals surface area (Å²) in [5, 5.41) is 4.56. The van der Waals surface area contributed by atoms with Crippen molar-refractivity contribution in [3.05, 3.63) is 66.2 Å². The fourth-order valence-electron chi connectivity index (χ4n) is 4.99. The van der Waals surface area contributed by atoms with Crippen LogP contribution in [0.2, 0.25) is 0 Å². The Labute approximate surface area is 231 Å². The quantitative estimate of drug-likeness (QED) is 0.352. The molecule has 1 aliphatic rings. The zero-order valence-electron chi connectivity index (χ0n) is 23.0. The summed E-state index contributed by atoms with van der Waals surface area (Å²) in [7, 11) is -2.10. The van der Waals surface area contributed by atoms with E-state index in [4.69, 9.17) is 4.74 Å². The number of anilines is 1. The van der Waals surface area contributed by atoms with E-state index in [1.807, 2.05) is 63.2 Å². The second kappa shape index (κ2) is 12.1. The van der Waals surface area contributed by atoms with Crippen LogP contribution in [0.1, 0.15) is 45.6 Å². The van der Waals surface area contributed by atoms with Crippen molar-refractivity contribution in [1.82, 2.24) is 10.2 Å². The number of ether oxygens (including phenoxy) is 1. The summed E-state index contributed by atoms with van der Waals surface area (Å²) in [6.45, 7) is 6.90. The van der Waals surface area contributed by atoms with Crippen LogP contribution >= 0.6 is 0 Å². The first-order chi connectivity index (χ1) is 18.7. The van der Waals surface area contributed by atoms with Gasteiger partial charge in [-0.05, 0) is 54.0 Å². The van der Waals surface area contributed by atoms with E-state index in [2.05, 4.69) is 5.32 Å². The van der Waals surface area contributed by atoms with Crippen molar-refractivity contribution in [2.24, 2.45) is 5.92 Å². The molecule has 4 rings (SSSR count). The molecule has 0 bridgehead atoms. The van der Waals surface area contributed by atoms with Crippen molar-refractivity contribution in [3.63, 3.8) is 0 Å². The average molecular weight is 552 g/mol. The first kappa shape index (κ1) is 28.4. The highest BCUT2D eigenvalue weighted by molar-refractivity contribution is 7.93. The fraction of sp³-hybridized carbons (Fsp3) is 0.400. The van der Waals surface area contributed by atoms with E-state index in [1.165, 1.54) is 4.31 Å². The number of hydrogen-bond donors (Lipinski definition) is 1. The number of amides is 2. The molecule has 1 atom stereocenters. The van der Waals surface area contributed by atoms with Gasteiger partial charge in [-0.1, -0.05) is 57.2 Å². The van der Waals surface area contributed by atoms with Crippen LogP contribution in [-0.4, -0.2) is 51.4 Å². The van der Waals surface area contributed by atoms with Crippen LogP contribution in [0.25, 0.3) is 10.8 Å². The van der Waals surface area contributed by atoms with E-state index in [1.54, 1.807) is 30.2 Å². The molecule has 9 heteroatoms. The van der Waals surface area contributed by atoms with Gasteiger partial charge in [0, 0.05) is 31.4 Å². The molecule has 1 N–H and O–H groups in total. The Hall–Kier alpha value is -3.59. The number of sulfonamides is 1. The zero-order chi connectivity index (χ0) is 28.2. The molecule has 0 saturated carbocycles. The van der Waals surface area contributed by atoms with Gasteiger partial charge in [-0.25, -0.2) is 8.42 Å². The number of rotatable bonds is 12. The highest BCUT2D eigenvalue weighted by Gasteiger charge is 2.35. The maximum Gasteiger partial charge on any atom is 0.265 e. The van der Waals surface area contributed by atoms with Crippen LogP contribution in [0, 0.1) is 5.92 Å². The summed E-state index contributed by atoms with van der Waals surface area (Å²) in [5.41, 5.74) is 1.52. The molecule has 208 valence electrons. The van der Waals surface area contributed by atoms with E-state index in [9.17, 15) is 18.0 Å². The second-order valence-corrected chi connectivity index (χ2v) is 12.1. The molecule has 1 heterocycles. The first-order valence-electron chi connectivity index (χ1n) is 13.4. The summed E-state index contributed by atoms with van der Waals surface area (Å²) in [4.78, 5) is 28.6. The summed E-state index contributed by atoms with van der Waals surface area (Å²) in [6.07, 6.45) is 0.900. The average Bonchev–Trinajstić information content (AvgIpc) is 3.15. The third-order valence-electron chi connectivity index (χ3n) is 7.02. The Bertz CT molecular complexity index is 1430. The highest BCUT2D eigenvalue weighted by Crippen LogP contribution is 2.42. The van der Waals surface area contributed by atoms with Gasteiger partial charge in [0.25, 0.3) is 10.0 Å². The molecule has 1 unspecified atom stereocenters. The third-order valence-corrected chi connectivity index (χ3v) is 8.87. The molecule has 3 aromatic carbocycles. The Kier molecular flexibility index (Phi) is 8.80. The van der Waals surface area contributed by atoms with Crippen molar-refractivity contribution in [1.29, 1.82) is 0 Å². The van der Waals surface area contributed by atoms with Gasteiger partial charge < -0.3 is 15.0 Å². The summed E-state index contributed by atoms with van der Waals surface area (Å²) >= 11 is 0. The Morgan fingerprint density at radius 2 is 1.72 bits per heavy atom. The number of carbonyl (C=O) groups excluding carboxylic acids is 2. The van der Waals surface area contributed by atoms with Crippen molar-refractivity contribution in [3.8, 4) is 5.75 Å². The maximum atomic E-state index is 13.6. The first-order valence-corrected chi connectivity index (χ1v) is 14.9. The Morgan fingerprint density at radius 1 is 1.03 bits per heavy atom. The third kappa shape index (κ3) is 6.03. The molecular weight excluding hydrogens is 514 g/mol. The fourth-order valence-corrected chi connectivity index (χ4v) is 6.74. The molecular formula is C30H37N3O5S. The minimum absolute atomic E-state index is 0.114. The van der Waals surface area contributed by atoms with Gasteiger partial charge in [0.05, 0.1) is 17.7 Å². The topological polar surface area (TPSA) is 96.0 Å². The normalized spacial score (nSPS) is 14.4. The molecule has 0 radical (unpaired) electrons. The molecule has 2 amide bonds. The van der Waals surface area contributed by atoms with Gasteiger partial charge in [-0.3, -0.25) is 13.9 Å². The zero-order valence-corrected chi connectivity index (χ0v) is 23.8. The number of carbonyl (C=O) groups is 2. The van der Waals surface area contributed by atoms with Gasteiger partial charge in [0.1, 0.15) is 11.8 Å². The molecule has 39 heavy (non-hydrogen) atoms. The lowest BCUT2D eigenvalue weighted by molar-refractivity contribution is -0.141. The van der Waals surface area contributed by atoms with Crippen LogP contribution in [0.3, 0.4) is 0 Å². The molecule has 0 fully saturated rings. The van der Waals surface area contributed by atoms with Gasteiger partial charge in [0.15, 0.2) is 0 Å². The molecule has 0 aromatic heterocycles. The molecule has 3 aromatic rings. The smallest absolute Gasteiger partial charge is 0.265 e. The maximum absolute atomic E-state index is 13.6. The van der Waals surface area contributed by atoms with Crippen LogP contribution in [0.15, 0.2) is 65.6 Å². The predicted octanol–water partition coefficient (Wildman–Crippen LogP) is 4.72. The molecule has 8 nitrogen and oxygen atoms in total. The molecule has 1 aliphatic heterocycles. The largest absolute Gasteiger partial charge is 0.497 e. The van der Waals surface area contributed by atoms with Crippen LogP contribution in [0.5, 0.6) is 5.75 Å². The number of hydrogen-bond acceptors (Lipinski definition) is 5. The molecule has 0 saturated heterocycles. The lowest BCUT2D eigenvalue weighted by atomic mass is 10.1. The van der Waals surface area contributed by atoms with E-state index in [0.717, 1.165) is 16.3 Å². The van der Waals surface area contributed by atoms with Crippen molar-refractivity contribution >= 4 is 38.3 Å². The monoisotopic (exact) mass is 551 g/mol. The van der Waals surface area contributed by atoms with Crippen LogP contribution < -0.4 is 14.4 Å². The SMILES string of the molecule is CCC(C(=O)NCC(C)C)N(Cc1ccc(OC)cc1)C(=O)CCCN1c2cccc3cccc(c23)S1(=O)=O. The van der Waals surface area contributed by atoms with Gasteiger partial charge in [-0.15, -0.1) is 0 Å². The minimum atomic E-state index is -3.69. The van der Waals surface area contributed by atoms with E-state index in [0.29, 0.717) is 35.7 Å². The summed E-state index contributed by atoms with van der Waals surface area (Å²) in [5.74, 6) is 0.622. The Balaban J connectivity index is 1.51. The van der Waals surface area contributed by atoms with Gasteiger partial charge in [0.2, 0.25) is 11.8 Å². The summed E-state index contributed by atoms with van der Waals surface area (Å²) in [6, 6.07) is 17.6. The lowest BCUT2D eigenvalue weighted by Crippen LogP contribution is -2.49. The Morgan fingerprint density at radius 3 is 2.36 bits per heavy atom. The lowest BCUT2D eigenvalue weighted by Gasteiger charge is -2.31. The van der Waals surface area contributed by atoms with Crippen molar-refractivity contribution < 1.29 is 22.7 Å². The molecule has 0 aliphatic carbocycles. The van der Waals surface area contributed by atoms with E-state index in [-0.39, 0.29) is 37.2 Å². The molecule has 0 spiro atoms. The van der Waals surface area contributed by atoms with E-state index >= 15 is 0 Å². The van der Waals surface area contributed by atoms with Gasteiger partial charge in [-0.2, -0.15) is 0 Å². The highest BCUT2D eigenvalue weighted by atomic mass is 32.2. The number of benzene rings is 3.